The van der Waals surface area contributed by atoms with E-state index in [4.69, 9.17) is 5.73 Å². The van der Waals surface area contributed by atoms with Crippen LogP contribution >= 0.6 is 0 Å². The van der Waals surface area contributed by atoms with Crippen molar-refractivity contribution >= 4 is 5.91 Å². The smallest absolute Gasteiger partial charge is 0.251 e. The quantitative estimate of drug-likeness (QED) is 0.731. The molecule has 1 fully saturated rings. The van der Waals surface area contributed by atoms with Gasteiger partial charge in [0.05, 0.1) is 17.8 Å². The molecule has 1 saturated carbocycles. The molecule has 0 saturated heterocycles. The Hall–Kier alpha value is -1.46. The standard InChI is InChI=1S/C13H19N3O2/c14-8-10-7-9(5-6-15-10)13(18)16-11-3-1-2-4-12(11)17/h5-7,11-12,17H,1-4,8,14H2,(H,16,18)/t11-,12-/m0/s1. The van der Waals surface area contributed by atoms with E-state index in [-0.39, 0.29) is 11.9 Å². The van der Waals surface area contributed by atoms with E-state index in [9.17, 15) is 9.90 Å². The highest BCUT2D eigenvalue weighted by Gasteiger charge is 2.24. The van der Waals surface area contributed by atoms with Crippen LogP contribution < -0.4 is 11.1 Å². The lowest BCUT2D eigenvalue weighted by Gasteiger charge is -2.28. The predicted octanol–water partition coefficient (Wildman–Crippen LogP) is 0.574. The topological polar surface area (TPSA) is 88.2 Å². The van der Waals surface area contributed by atoms with E-state index in [0.29, 0.717) is 17.8 Å². The van der Waals surface area contributed by atoms with Crippen molar-refractivity contribution in [2.75, 3.05) is 0 Å². The summed E-state index contributed by atoms with van der Waals surface area (Å²) >= 11 is 0. The fraction of sp³-hybridized carbons (Fsp3) is 0.538. The van der Waals surface area contributed by atoms with Gasteiger partial charge in [0, 0.05) is 18.3 Å². The van der Waals surface area contributed by atoms with Crippen molar-refractivity contribution in [2.45, 2.75) is 44.4 Å². The Morgan fingerprint density at radius 1 is 1.50 bits per heavy atom. The number of nitrogens with one attached hydrogen (secondary N) is 1. The lowest BCUT2D eigenvalue weighted by molar-refractivity contribution is 0.0717. The largest absolute Gasteiger partial charge is 0.391 e. The van der Waals surface area contributed by atoms with Gasteiger partial charge in [0.15, 0.2) is 0 Å². The molecular formula is C13H19N3O2. The van der Waals surface area contributed by atoms with Gasteiger partial charge in [-0.05, 0) is 25.0 Å². The van der Waals surface area contributed by atoms with Crippen LogP contribution in [0.25, 0.3) is 0 Å². The van der Waals surface area contributed by atoms with Gasteiger partial charge < -0.3 is 16.2 Å². The maximum atomic E-state index is 12.0. The third-order valence-electron chi connectivity index (χ3n) is 3.33. The summed E-state index contributed by atoms with van der Waals surface area (Å²) in [7, 11) is 0. The molecule has 2 rings (SSSR count). The summed E-state index contributed by atoms with van der Waals surface area (Å²) in [6.07, 6.45) is 4.82. The number of rotatable bonds is 3. The maximum Gasteiger partial charge on any atom is 0.251 e. The number of hydrogen-bond donors (Lipinski definition) is 3. The van der Waals surface area contributed by atoms with Gasteiger partial charge in [-0.15, -0.1) is 0 Å². The molecule has 1 aromatic rings. The second-order valence-electron chi connectivity index (χ2n) is 4.67. The van der Waals surface area contributed by atoms with Gasteiger partial charge in [-0.3, -0.25) is 9.78 Å². The zero-order valence-corrected chi connectivity index (χ0v) is 10.3. The monoisotopic (exact) mass is 249 g/mol. The Kier molecular flexibility index (Phi) is 4.28. The Morgan fingerprint density at radius 3 is 3.00 bits per heavy atom. The molecule has 18 heavy (non-hydrogen) atoms. The molecule has 0 aliphatic heterocycles. The van der Waals surface area contributed by atoms with Gasteiger partial charge in [-0.2, -0.15) is 0 Å². The molecule has 4 N–H and O–H groups in total. The summed E-state index contributed by atoms with van der Waals surface area (Å²) in [5, 5.41) is 12.7. The van der Waals surface area contributed by atoms with Gasteiger partial charge in [0.1, 0.15) is 0 Å². The number of amides is 1. The van der Waals surface area contributed by atoms with Crippen molar-refractivity contribution in [2.24, 2.45) is 5.73 Å². The average molecular weight is 249 g/mol. The van der Waals surface area contributed by atoms with Gasteiger partial charge in [0.2, 0.25) is 0 Å². The molecule has 5 nitrogen and oxygen atoms in total. The summed E-state index contributed by atoms with van der Waals surface area (Å²) in [5.41, 5.74) is 6.72. The van der Waals surface area contributed by atoms with Crippen LogP contribution in [-0.2, 0) is 6.54 Å². The first kappa shape index (κ1) is 13.0. The highest BCUT2D eigenvalue weighted by Crippen LogP contribution is 2.18. The molecule has 2 atom stereocenters. The van der Waals surface area contributed by atoms with Crippen LogP contribution in [0.15, 0.2) is 18.3 Å². The Balaban J connectivity index is 2.02. The Morgan fingerprint density at radius 2 is 2.28 bits per heavy atom. The fourth-order valence-electron chi connectivity index (χ4n) is 2.26. The Labute approximate surface area is 106 Å². The number of aliphatic hydroxyl groups is 1. The van der Waals surface area contributed by atoms with Crippen LogP contribution in [0, 0.1) is 0 Å². The predicted molar refractivity (Wildman–Crippen MR) is 67.9 cm³/mol. The van der Waals surface area contributed by atoms with E-state index >= 15 is 0 Å². The van der Waals surface area contributed by atoms with E-state index in [1.54, 1.807) is 18.3 Å². The number of aromatic nitrogens is 1. The minimum absolute atomic E-state index is 0.138. The number of nitrogens with zero attached hydrogens (tertiary/aromatic N) is 1. The number of pyridine rings is 1. The van der Waals surface area contributed by atoms with Crippen LogP contribution in [0.4, 0.5) is 0 Å². The first-order valence-electron chi connectivity index (χ1n) is 6.34. The van der Waals surface area contributed by atoms with Crippen LogP contribution in [-0.4, -0.2) is 28.1 Å². The molecule has 0 spiro atoms. The lowest BCUT2D eigenvalue weighted by atomic mass is 9.92. The summed E-state index contributed by atoms with van der Waals surface area (Å²) in [4.78, 5) is 16.1. The first-order valence-corrected chi connectivity index (χ1v) is 6.34. The van der Waals surface area contributed by atoms with Crippen molar-refractivity contribution in [3.8, 4) is 0 Å². The highest BCUT2D eigenvalue weighted by atomic mass is 16.3. The number of nitrogens with two attached hydrogens (primary N) is 1. The molecule has 1 aliphatic carbocycles. The molecule has 0 bridgehead atoms. The van der Waals surface area contributed by atoms with Gasteiger partial charge in [-0.1, -0.05) is 12.8 Å². The van der Waals surface area contributed by atoms with E-state index in [1.165, 1.54) is 0 Å². The summed E-state index contributed by atoms with van der Waals surface area (Å²) in [6, 6.07) is 3.20. The fourth-order valence-corrected chi connectivity index (χ4v) is 2.26. The van der Waals surface area contributed by atoms with E-state index in [1.807, 2.05) is 0 Å². The minimum atomic E-state index is -0.432. The average Bonchev–Trinajstić information content (AvgIpc) is 2.41. The number of hydrogen-bond acceptors (Lipinski definition) is 4. The van der Waals surface area contributed by atoms with Crippen LogP contribution in [0.5, 0.6) is 0 Å². The number of carbonyl (C=O) groups excluding carboxylic acids is 1. The molecule has 0 aromatic carbocycles. The van der Waals surface area contributed by atoms with Gasteiger partial charge in [-0.25, -0.2) is 0 Å². The lowest BCUT2D eigenvalue weighted by Crippen LogP contribution is -2.45. The van der Waals surface area contributed by atoms with Crippen molar-refractivity contribution in [3.63, 3.8) is 0 Å². The molecule has 1 aromatic heterocycles. The Bertz CT molecular complexity index is 422. The highest BCUT2D eigenvalue weighted by molar-refractivity contribution is 5.94. The van der Waals surface area contributed by atoms with E-state index in [2.05, 4.69) is 10.3 Å². The van der Waals surface area contributed by atoms with Crippen LogP contribution in [0.3, 0.4) is 0 Å². The third-order valence-corrected chi connectivity index (χ3v) is 3.33. The second kappa shape index (κ2) is 5.93. The molecule has 98 valence electrons. The zero-order valence-electron chi connectivity index (χ0n) is 10.3. The van der Waals surface area contributed by atoms with Gasteiger partial charge in [0.25, 0.3) is 5.91 Å². The van der Waals surface area contributed by atoms with Gasteiger partial charge >= 0.3 is 0 Å². The second-order valence-corrected chi connectivity index (χ2v) is 4.67. The van der Waals surface area contributed by atoms with Crippen molar-refractivity contribution < 1.29 is 9.90 Å². The zero-order chi connectivity index (χ0) is 13.0. The maximum absolute atomic E-state index is 12.0. The number of aliphatic hydroxyl groups excluding tert-OH is 1. The van der Waals surface area contributed by atoms with E-state index < -0.39 is 6.10 Å². The van der Waals surface area contributed by atoms with Crippen LogP contribution in [0.1, 0.15) is 41.7 Å². The molecule has 1 aliphatic rings. The molecule has 0 unspecified atom stereocenters. The third kappa shape index (κ3) is 3.05. The van der Waals surface area contributed by atoms with Crippen molar-refractivity contribution in [1.29, 1.82) is 0 Å². The number of carbonyl (C=O) groups is 1. The summed E-state index contributed by atoms with van der Waals surface area (Å²) < 4.78 is 0. The summed E-state index contributed by atoms with van der Waals surface area (Å²) in [6.45, 7) is 0.313. The molecule has 1 amide bonds. The normalized spacial score (nSPS) is 23.7. The summed E-state index contributed by atoms with van der Waals surface area (Å²) in [5.74, 6) is -0.168. The first-order chi connectivity index (χ1) is 8.70. The molecule has 0 radical (unpaired) electrons. The van der Waals surface area contributed by atoms with Crippen molar-refractivity contribution in [3.05, 3.63) is 29.6 Å². The molecule has 5 heteroatoms. The SMILES string of the molecule is NCc1cc(C(=O)N[C@H]2CCCC[C@@H]2O)ccn1. The minimum Gasteiger partial charge on any atom is -0.391 e. The van der Waals surface area contributed by atoms with E-state index in [0.717, 1.165) is 25.7 Å². The van der Waals surface area contributed by atoms with Crippen LogP contribution in [0.2, 0.25) is 0 Å². The molecular weight excluding hydrogens is 230 g/mol. The van der Waals surface area contributed by atoms with Crippen molar-refractivity contribution in [1.82, 2.24) is 10.3 Å². The molecule has 1 heterocycles.